The molecule has 0 bridgehead atoms. The van der Waals surface area contributed by atoms with Crippen molar-refractivity contribution in [3.63, 3.8) is 0 Å². The third-order valence-electron chi connectivity index (χ3n) is 6.30. The van der Waals surface area contributed by atoms with Crippen LogP contribution in [0.15, 0.2) is 60.9 Å². The van der Waals surface area contributed by atoms with Gasteiger partial charge < -0.3 is 18.5 Å². The number of pyridine rings is 1. The molecule has 1 amide bonds. The van der Waals surface area contributed by atoms with Gasteiger partial charge in [0.1, 0.15) is 12.9 Å². The Morgan fingerprint density at radius 2 is 1.82 bits per heavy atom. The smallest absolute Gasteiger partial charge is 0.410 e. The Labute approximate surface area is 202 Å². The molecule has 2 aromatic rings. The van der Waals surface area contributed by atoms with Crippen molar-refractivity contribution in [1.29, 1.82) is 0 Å². The minimum absolute atomic E-state index is 0.0518. The Balaban J connectivity index is 1.77. The predicted octanol–water partition coefficient (Wildman–Crippen LogP) is 3.77. The quantitative estimate of drug-likeness (QED) is 0.379. The zero-order valence-electron chi connectivity index (χ0n) is 20.1. The highest BCUT2D eigenvalue weighted by Crippen LogP contribution is 2.42. The van der Waals surface area contributed by atoms with E-state index in [1.54, 1.807) is 12.4 Å². The number of rotatable bonds is 10. The lowest BCUT2D eigenvalue weighted by Crippen LogP contribution is -2.43. The first kappa shape index (κ1) is 25.4. The summed E-state index contributed by atoms with van der Waals surface area (Å²) in [5.41, 5.74) is 1.83. The molecule has 2 heterocycles. The Morgan fingerprint density at radius 3 is 2.45 bits per heavy atom. The molecule has 0 radical (unpaired) electrons. The lowest BCUT2D eigenvalue weighted by Gasteiger charge is -2.39. The van der Waals surface area contributed by atoms with Gasteiger partial charge in [-0.05, 0) is 35.6 Å². The zero-order valence-corrected chi connectivity index (χ0v) is 23.0. The second-order valence-corrected chi connectivity index (χ2v) is 10.7. The van der Waals surface area contributed by atoms with Gasteiger partial charge in [-0.15, -0.1) is 0 Å². The molecule has 1 aliphatic rings. The number of amides is 1. The number of hydrogen-bond donors (Lipinski definition) is 0. The van der Waals surface area contributed by atoms with E-state index in [1.165, 1.54) is 0 Å². The van der Waals surface area contributed by atoms with Gasteiger partial charge in [-0.1, -0.05) is 69.4 Å². The van der Waals surface area contributed by atoms with Crippen molar-refractivity contribution in [3.05, 3.63) is 72.1 Å². The summed E-state index contributed by atoms with van der Waals surface area (Å²) >= 11 is 0. The summed E-state index contributed by atoms with van der Waals surface area (Å²) in [7, 11) is -1.23. The fourth-order valence-electron chi connectivity index (χ4n) is 4.27. The maximum atomic E-state index is 13.1. The van der Waals surface area contributed by atoms with E-state index in [-0.39, 0.29) is 36.4 Å². The van der Waals surface area contributed by atoms with Crippen LogP contribution in [-0.4, -0.2) is 54.4 Å². The van der Waals surface area contributed by atoms with Gasteiger partial charge in [-0.3, -0.25) is 4.98 Å². The molecule has 1 aromatic carbocycles. The van der Waals surface area contributed by atoms with Crippen molar-refractivity contribution < 1.29 is 18.4 Å². The normalized spacial score (nSPS) is 20.4. The highest BCUT2D eigenvalue weighted by molar-refractivity contribution is 6.26. The van der Waals surface area contributed by atoms with E-state index < -0.39 is 19.5 Å². The molecule has 2 unspecified atom stereocenters. The standard InChI is InChI=1S/C25H36N2O4Si2/c1-25(2,23(30-32-3)31-33-4)21-16-22(11-10-19-12-14-26-15-13-19)27(17-21)24(28)29-18-20-8-6-5-7-9-20/h5-15,21-23H,16-18,32-33H2,1-4H3. The largest absolute Gasteiger partial charge is 0.445 e. The van der Waals surface area contributed by atoms with Crippen LogP contribution in [0.3, 0.4) is 0 Å². The van der Waals surface area contributed by atoms with Crippen LogP contribution in [0.2, 0.25) is 13.1 Å². The fourth-order valence-corrected chi connectivity index (χ4v) is 6.12. The van der Waals surface area contributed by atoms with Crippen LogP contribution in [0.5, 0.6) is 0 Å². The number of likely N-dealkylation sites (tertiary alicyclic amines) is 1. The third kappa shape index (κ3) is 6.86. The molecular weight excluding hydrogens is 448 g/mol. The van der Waals surface area contributed by atoms with Gasteiger partial charge in [-0.25, -0.2) is 4.79 Å². The predicted molar refractivity (Wildman–Crippen MR) is 137 cm³/mol. The second kappa shape index (κ2) is 12.3. The van der Waals surface area contributed by atoms with Gasteiger partial charge in [0.05, 0.1) is 6.04 Å². The molecule has 178 valence electrons. The molecule has 1 fully saturated rings. The summed E-state index contributed by atoms with van der Waals surface area (Å²) in [6.45, 7) is 9.56. The summed E-state index contributed by atoms with van der Waals surface area (Å²) < 4.78 is 17.9. The lowest BCUT2D eigenvalue weighted by molar-refractivity contribution is -0.102. The van der Waals surface area contributed by atoms with E-state index in [1.807, 2.05) is 47.4 Å². The molecule has 2 atom stereocenters. The van der Waals surface area contributed by atoms with Crippen LogP contribution in [0.4, 0.5) is 4.79 Å². The topological polar surface area (TPSA) is 60.9 Å². The average molecular weight is 485 g/mol. The van der Waals surface area contributed by atoms with Crippen molar-refractivity contribution in [2.45, 2.75) is 52.3 Å². The van der Waals surface area contributed by atoms with E-state index in [9.17, 15) is 4.79 Å². The van der Waals surface area contributed by atoms with E-state index in [0.29, 0.717) is 6.54 Å². The number of aromatic nitrogens is 1. The van der Waals surface area contributed by atoms with Crippen LogP contribution in [0.25, 0.3) is 6.08 Å². The van der Waals surface area contributed by atoms with E-state index in [2.05, 4.69) is 44.1 Å². The van der Waals surface area contributed by atoms with Crippen LogP contribution >= 0.6 is 0 Å². The molecule has 0 N–H and O–H groups in total. The fraction of sp³-hybridized carbons (Fsp3) is 0.440. The van der Waals surface area contributed by atoms with Crippen LogP contribution in [0.1, 0.15) is 31.4 Å². The van der Waals surface area contributed by atoms with E-state index in [0.717, 1.165) is 17.5 Å². The number of carbonyl (C=O) groups excluding carboxylic acids is 1. The highest BCUT2D eigenvalue weighted by atomic mass is 28.2. The Hall–Kier alpha value is -2.27. The first-order valence-electron chi connectivity index (χ1n) is 11.7. The van der Waals surface area contributed by atoms with E-state index in [4.69, 9.17) is 13.6 Å². The number of carbonyl (C=O) groups is 1. The van der Waals surface area contributed by atoms with Crippen LogP contribution in [0, 0.1) is 11.3 Å². The Bertz CT molecular complexity index is 890. The first-order valence-corrected chi connectivity index (χ1v) is 15.7. The van der Waals surface area contributed by atoms with Gasteiger partial charge >= 0.3 is 6.09 Å². The summed E-state index contributed by atoms with van der Waals surface area (Å²) in [5.74, 6) is 0.236. The summed E-state index contributed by atoms with van der Waals surface area (Å²) in [6.07, 6.45) is 8.06. The summed E-state index contributed by atoms with van der Waals surface area (Å²) in [5, 5.41) is 0. The average Bonchev–Trinajstić information content (AvgIpc) is 3.28. The number of nitrogens with zero attached hydrogens (tertiary/aromatic N) is 2. The van der Waals surface area contributed by atoms with Crippen molar-refractivity contribution >= 4 is 31.7 Å². The minimum atomic E-state index is -0.613. The maximum absolute atomic E-state index is 13.1. The first-order chi connectivity index (χ1) is 16.0. The molecule has 1 aromatic heterocycles. The second-order valence-electron chi connectivity index (χ2n) is 8.90. The van der Waals surface area contributed by atoms with Crippen LogP contribution in [-0.2, 0) is 20.2 Å². The van der Waals surface area contributed by atoms with Gasteiger partial charge in [0.15, 0.2) is 19.5 Å². The van der Waals surface area contributed by atoms with Gasteiger partial charge in [0.25, 0.3) is 0 Å². The molecule has 6 nitrogen and oxygen atoms in total. The molecule has 3 rings (SSSR count). The van der Waals surface area contributed by atoms with Gasteiger partial charge in [0.2, 0.25) is 0 Å². The SMILES string of the molecule is C[SiH2]OC(O[SiH2]C)C(C)(C)C1CC(C=Cc2ccncc2)N(C(=O)OCc2ccccc2)C1. The van der Waals surface area contributed by atoms with E-state index >= 15 is 0 Å². The molecule has 1 aliphatic heterocycles. The molecule has 1 saturated heterocycles. The zero-order chi connectivity index (χ0) is 23.7. The van der Waals surface area contributed by atoms with Crippen molar-refractivity contribution in [3.8, 4) is 0 Å². The molecule has 0 spiro atoms. The Morgan fingerprint density at radius 1 is 1.15 bits per heavy atom. The van der Waals surface area contributed by atoms with Crippen molar-refractivity contribution in [2.75, 3.05) is 6.54 Å². The number of benzene rings is 1. The van der Waals surface area contributed by atoms with Gasteiger partial charge in [0, 0.05) is 24.4 Å². The highest BCUT2D eigenvalue weighted by Gasteiger charge is 2.46. The lowest BCUT2D eigenvalue weighted by atomic mass is 9.77. The van der Waals surface area contributed by atoms with Crippen LogP contribution < -0.4 is 0 Å². The van der Waals surface area contributed by atoms with Crippen molar-refractivity contribution in [2.24, 2.45) is 11.3 Å². The molecule has 33 heavy (non-hydrogen) atoms. The number of hydrogen-bond acceptors (Lipinski definition) is 5. The third-order valence-corrected chi connectivity index (χ3v) is 7.57. The monoisotopic (exact) mass is 484 g/mol. The molecular formula is C25H36N2O4Si2. The molecule has 0 aliphatic carbocycles. The van der Waals surface area contributed by atoms with Gasteiger partial charge in [-0.2, -0.15) is 0 Å². The molecule has 0 saturated carbocycles. The summed E-state index contributed by atoms with van der Waals surface area (Å²) in [6, 6.07) is 13.7. The summed E-state index contributed by atoms with van der Waals surface area (Å²) in [4.78, 5) is 19.1. The molecule has 8 heteroatoms. The maximum Gasteiger partial charge on any atom is 0.410 e. The minimum Gasteiger partial charge on any atom is -0.445 e. The Kier molecular flexibility index (Phi) is 9.43. The van der Waals surface area contributed by atoms with Crippen molar-refractivity contribution in [1.82, 2.24) is 9.88 Å². The number of ether oxygens (including phenoxy) is 1.